The lowest BCUT2D eigenvalue weighted by molar-refractivity contribution is 0.0931. The Morgan fingerprint density at radius 2 is 1.81 bits per heavy atom. The minimum atomic E-state index is -0.106. The van der Waals surface area contributed by atoms with E-state index >= 15 is 0 Å². The summed E-state index contributed by atoms with van der Waals surface area (Å²) in [4.78, 5) is 12.8. The Labute approximate surface area is 154 Å². The van der Waals surface area contributed by atoms with E-state index in [1.165, 1.54) is 11.1 Å². The molecular weight excluding hydrogens is 322 g/mol. The smallest absolute Gasteiger partial charge is 0.270 e. The van der Waals surface area contributed by atoms with Crippen molar-refractivity contribution in [1.29, 1.82) is 0 Å². The lowest BCUT2D eigenvalue weighted by Gasteiger charge is -2.12. The topological polar surface area (TPSA) is 46.9 Å². The van der Waals surface area contributed by atoms with Gasteiger partial charge in [0, 0.05) is 11.6 Å². The number of carbonyl (C=O) groups excluding carboxylic acids is 1. The number of aryl methyl sites for hydroxylation is 2. The Balaban J connectivity index is 2.08. The van der Waals surface area contributed by atoms with Crippen LogP contribution >= 0.6 is 0 Å². The number of amides is 1. The Morgan fingerprint density at radius 3 is 2.46 bits per heavy atom. The molecule has 0 saturated carbocycles. The fourth-order valence-corrected chi connectivity index (χ4v) is 2.75. The minimum absolute atomic E-state index is 0.106. The van der Waals surface area contributed by atoms with Gasteiger partial charge in [-0.1, -0.05) is 37.3 Å². The average molecular weight is 347 g/mol. The molecule has 1 amide bonds. The molecule has 0 aliphatic heterocycles. The van der Waals surface area contributed by atoms with Crippen molar-refractivity contribution in [2.75, 3.05) is 0 Å². The standard InChI is InChI=1S/C22H25N3O/c1-5-17(4)23-22(26)21-14-20(18-12-11-15(2)16(3)13-18)24-25(21)19-9-7-6-8-10-19/h6-14,17H,5H2,1-4H3,(H,23,26)/t17-/m1/s1. The van der Waals surface area contributed by atoms with E-state index in [9.17, 15) is 4.79 Å². The van der Waals surface area contributed by atoms with E-state index in [-0.39, 0.29) is 11.9 Å². The molecule has 0 aliphatic rings. The number of nitrogens with zero attached hydrogens (tertiary/aromatic N) is 2. The van der Waals surface area contributed by atoms with Crippen LogP contribution in [0.4, 0.5) is 0 Å². The van der Waals surface area contributed by atoms with E-state index in [0.717, 1.165) is 23.4 Å². The van der Waals surface area contributed by atoms with Crippen LogP contribution in [0.3, 0.4) is 0 Å². The van der Waals surface area contributed by atoms with Crippen molar-refractivity contribution in [3.63, 3.8) is 0 Å². The highest BCUT2D eigenvalue weighted by molar-refractivity contribution is 5.94. The fraction of sp³-hybridized carbons (Fsp3) is 0.273. The summed E-state index contributed by atoms with van der Waals surface area (Å²) >= 11 is 0. The van der Waals surface area contributed by atoms with Crippen LogP contribution in [0.1, 0.15) is 41.9 Å². The molecule has 4 nitrogen and oxygen atoms in total. The molecule has 26 heavy (non-hydrogen) atoms. The predicted octanol–water partition coefficient (Wildman–Crippen LogP) is 4.68. The average Bonchev–Trinajstić information content (AvgIpc) is 3.10. The monoisotopic (exact) mass is 347 g/mol. The van der Waals surface area contributed by atoms with Gasteiger partial charge >= 0.3 is 0 Å². The number of hydrogen-bond donors (Lipinski definition) is 1. The van der Waals surface area contributed by atoms with Gasteiger partial charge < -0.3 is 5.32 Å². The second kappa shape index (κ2) is 7.56. The van der Waals surface area contributed by atoms with Crippen LogP contribution in [-0.4, -0.2) is 21.7 Å². The minimum Gasteiger partial charge on any atom is -0.348 e. The van der Waals surface area contributed by atoms with Crippen molar-refractivity contribution in [2.45, 2.75) is 40.2 Å². The van der Waals surface area contributed by atoms with E-state index in [1.807, 2.05) is 43.3 Å². The Bertz CT molecular complexity index is 912. The van der Waals surface area contributed by atoms with E-state index in [2.05, 4.69) is 44.3 Å². The molecule has 1 aromatic heterocycles. The van der Waals surface area contributed by atoms with Crippen molar-refractivity contribution >= 4 is 5.91 Å². The Morgan fingerprint density at radius 1 is 1.08 bits per heavy atom. The van der Waals surface area contributed by atoms with Crippen molar-refractivity contribution in [2.24, 2.45) is 0 Å². The molecule has 3 rings (SSSR count). The molecule has 1 N–H and O–H groups in total. The van der Waals surface area contributed by atoms with Gasteiger partial charge in [-0.3, -0.25) is 4.79 Å². The maximum absolute atomic E-state index is 12.8. The van der Waals surface area contributed by atoms with Crippen LogP contribution in [-0.2, 0) is 0 Å². The molecule has 0 fully saturated rings. The van der Waals surface area contributed by atoms with Gasteiger partial charge in [-0.25, -0.2) is 4.68 Å². The Hall–Kier alpha value is -2.88. The molecule has 0 radical (unpaired) electrons. The molecule has 4 heteroatoms. The zero-order valence-corrected chi connectivity index (χ0v) is 15.8. The largest absolute Gasteiger partial charge is 0.348 e. The lowest BCUT2D eigenvalue weighted by atomic mass is 10.0. The lowest BCUT2D eigenvalue weighted by Crippen LogP contribution is -2.33. The predicted molar refractivity (Wildman–Crippen MR) is 106 cm³/mol. The van der Waals surface area contributed by atoms with Crippen molar-refractivity contribution < 1.29 is 4.79 Å². The summed E-state index contributed by atoms with van der Waals surface area (Å²) in [7, 11) is 0. The van der Waals surface area contributed by atoms with E-state index < -0.39 is 0 Å². The van der Waals surface area contributed by atoms with E-state index in [4.69, 9.17) is 5.10 Å². The maximum Gasteiger partial charge on any atom is 0.270 e. The summed E-state index contributed by atoms with van der Waals surface area (Å²) in [5.41, 5.74) is 5.68. The summed E-state index contributed by atoms with van der Waals surface area (Å²) in [6.45, 7) is 8.24. The summed E-state index contributed by atoms with van der Waals surface area (Å²) < 4.78 is 1.72. The van der Waals surface area contributed by atoms with Crippen LogP contribution in [0.2, 0.25) is 0 Å². The Kier molecular flexibility index (Phi) is 5.21. The number of hydrogen-bond acceptors (Lipinski definition) is 2. The summed E-state index contributed by atoms with van der Waals surface area (Å²) in [6.07, 6.45) is 0.884. The van der Waals surface area contributed by atoms with Crippen LogP contribution in [0, 0.1) is 13.8 Å². The quantitative estimate of drug-likeness (QED) is 0.728. The molecule has 0 bridgehead atoms. The van der Waals surface area contributed by atoms with Crippen LogP contribution in [0.15, 0.2) is 54.6 Å². The first kappa shape index (κ1) is 17.9. The van der Waals surface area contributed by atoms with Crippen molar-refractivity contribution in [1.82, 2.24) is 15.1 Å². The van der Waals surface area contributed by atoms with E-state index in [0.29, 0.717) is 5.69 Å². The molecule has 134 valence electrons. The van der Waals surface area contributed by atoms with Crippen LogP contribution in [0.5, 0.6) is 0 Å². The number of rotatable bonds is 5. The number of carbonyl (C=O) groups is 1. The number of nitrogens with one attached hydrogen (secondary N) is 1. The third-order valence-electron chi connectivity index (χ3n) is 4.74. The van der Waals surface area contributed by atoms with Crippen molar-refractivity contribution in [3.05, 3.63) is 71.4 Å². The highest BCUT2D eigenvalue weighted by Gasteiger charge is 2.18. The maximum atomic E-state index is 12.8. The normalized spacial score (nSPS) is 12.0. The molecular formula is C22H25N3O. The summed E-state index contributed by atoms with van der Waals surface area (Å²) in [6, 6.07) is 18.0. The molecule has 0 unspecified atom stereocenters. The first-order chi connectivity index (χ1) is 12.5. The number of benzene rings is 2. The SMILES string of the molecule is CC[C@@H](C)NC(=O)c1cc(-c2ccc(C)c(C)c2)nn1-c1ccccc1. The van der Waals surface area contributed by atoms with Gasteiger partial charge in [-0.15, -0.1) is 0 Å². The second-order valence-electron chi connectivity index (χ2n) is 6.74. The van der Waals surface area contributed by atoms with Gasteiger partial charge in [0.25, 0.3) is 5.91 Å². The van der Waals surface area contributed by atoms with Gasteiger partial charge in [0.15, 0.2) is 0 Å². The highest BCUT2D eigenvalue weighted by Crippen LogP contribution is 2.24. The third kappa shape index (κ3) is 3.69. The summed E-state index contributed by atoms with van der Waals surface area (Å²) in [5.74, 6) is -0.106. The van der Waals surface area contributed by atoms with Gasteiger partial charge in [-0.05, 0) is 62.6 Å². The highest BCUT2D eigenvalue weighted by atomic mass is 16.2. The van der Waals surface area contributed by atoms with Gasteiger partial charge in [0.05, 0.1) is 11.4 Å². The van der Waals surface area contributed by atoms with Gasteiger partial charge in [0.2, 0.25) is 0 Å². The number of aromatic nitrogens is 2. The van der Waals surface area contributed by atoms with Crippen molar-refractivity contribution in [3.8, 4) is 16.9 Å². The third-order valence-corrected chi connectivity index (χ3v) is 4.74. The molecule has 0 aliphatic carbocycles. The summed E-state index contributed by atoms with van der Waals surface area (Å²) in [5, 5.41) is 7.77. The van der Waals surface area contributed by atoms with Crippen LogP contribution < -0.4 is 5.32 Å². The molecule has 2 aromatic carbocycles. The van der Waals surface area contributed by atoms with Gasteiger partial charge in [0.1, 0.15) is 5.69 Å². The molecule has 0 spiro atoms. The molecule has 1 atom stereocenters. The van der Waals surface area contributed by atoms with E-state index in [1.54, 1.807) is 4.68 Å². The first-order valence-corrected chi connectivity index (χ1v) is 9.03. The van der Waals surface area contributed by atoms with Crippen LogP contribution in [0.25, 0.3) is 16.9 Å². The second-order valence-corrected chi connectivity index (χ2v) is 6.74. The molecule has 0 saturated heterocycles. The van der Waals surface area contributed by atoms with Gasteiger partial charge in [-0.2, -0.15) is 5.10 Å². The fourth-order valence-electron chi connectivity index (χ4n) is 2.75. The number of para-hydroxylation sites is 1. The molecule has 1 heterocycles. The zero-order chi connectivity index (χ0) is 18.7. The first-order valence-electron chi connectivity index (χ1n) is 9.03. The zero-order valence-electron chi connectivity index (χ0n) is 15.8. The molecule has 3 aromatic rings.